The van der Waals surface area contributed by atoms with E-state index in [0.29, 0.717) is 28.2 Å². The Balaban J connectivity index is 1.27. The second-order valence-corrected chi connectivity index (χ2v) is 10.5. The molecule has 0 aliphatic rings. The van der Waals surface area contributed by atoms with Gasteiger partial charge in [-0.25, -0.2) is 0 Å². The van der Waals surface area contributed by atoms with Gasteiger partial charge in [0.2, 0.25) is 11.8 Å². The van der Waals surface area contributed by atoms with Crippen molar-refractivity contribution >= 4 is 40.7 Å². The Morgan fingerprint density at radius 1 is 0.833 bits per heavy atom. The van der Waals surface area contributed by atoms with Crippen LogP contribution >= 0.6 is 0 Å². The number of hydrogen-bond acceptors (Lipinski definition) is 6. The fourth-order valence-corrected chi connectivity index (χ4v) is 4.68. The quantitative estimate of drug-likeness (QED) is 0.0638. The monoisotopic (exact) mass is 653 g/mol. The molecule has 5 rings (SSSR count). The molecule has 0 fully saturated rings. The molecular formula is C36H26F3N3O6. The first-order valence-corrected chi connectivity index (χ1v) is 14.5. The van der Waals surface area contributed by atoms with Gasteiger partial charge in [0.25, 0.3) is 5.69 Å². The lowest BCUT2D eigenvalue weighted by molar-refractivity contribution is -0.384. The number of amides is 2. The highest BCUT2D eigenvalue weighted by atomic mass is 19.4. The lowest BCUT2D eigenvalue weighted by Gasteiger charge is -2.13. The summed E-state index contributed by atoms with van der Waals surface area (Å²) in [4.78, 5) is 49.4. The molecule has 0 spiro atoms. The molecule has 0 bridgehead atoms. The molecule has 0 saturated carbocycles. The summed E-state index contributed by atoms with van der Waals surface area (Å²) < 4.78 is 44.3. The highest BCUT2D eigenvalue weighted by molar-refractivity contribution is 6.15. The zero-order chi connectivity index (χ0) is 34.3. The summed E-state index contributed by atoms with van der Waals surface area (Å²) in [6, 6.07) is 26.4. The second-order valence-electron chi connectivity index (χ2n) is 10.5. The van der Waals surface area contributed by atoms with Crippen molar-refractivity contribution in [2.75, 3.05) is 10.6 Å². The Morgan fingerprint density at radius 3 is 2.21 bits per heavy atom. The molecule has 4 aromatic carbocycles. The summed E-state index contributed by atoms with van der Waals surface area (Å²) in [7, 11) is 0. The van der Waals surface area contributed by atoms with Crippen molar-refractivity contribution < 1.29 is 36.9 Å². The third-order valence-electron chi connectivity index (χ3n) is 7.15. The van der Waals surface area contributed by atoms with E-state index in [9.17, 15) is 37.7 Å². The Morgan fingerprint density at radius 2 is 1.54 bits per heavy atom. The molecule has 2 amide bonds. The molecule has 1 aromatic heterocycles. The van der Waals surface area contributed by atoms with E-state index in [1.165, 1.54) is 54.6 Å². The summed E-state index contributed by atoms with van der Waals surface area (Å²) in [5, 5.41) is 16.3. The minimum absolute atomic E-state index is 0.0493. The first-order chi connectivity index (χ1) is 23.0. The van der Waals surface area contributed by atoms with Crippen LogP contribution in [0.3, 0.4) is 0 Å². The summed E-state index contributed by atoms with van der Waals surface area (Å²) in [5.41, 5.74) is 1.27. The van der Waals surface area contributed by atoms with E-state index < -0.39 is 34.3 Å². The van der Waals surface area contributed by atoms with Crippen molar-refractivity contribution in [1.29, 1.82) is 0 Å². The van der Waals surface area contributed by atoms with Gasteiger partial charge in [-0.1, -0.05) is 42.5 Å². The van der Waals surface area contributed by atoms with E-state index in [1.54, 1.807) is 54.6 Å². The zero-order valence-electron chi connectivity index (χ0n) is 25.0. The zero-order valence-corrected chi connectivity index (χ0v) is 25.0. The molecule has 5 aromatic rings. The maximum Gasteiger partial charge on any atom is 0.416 e. The smallest absolute Gasteiger partial charge is 0.416 e. The predicted molar refractivity (Wildman–Crippen MR) is 173 cm³/mol. The third kappa shape index (κ3) is 8.49. The lowest BCUT2D eigenvalue weighted by atomic mass is 10.0. The van der Waals surface area contributed by atoms with Crippen LogP contribution in [0.4, 0.5) is 30.2 Å². The van der Waals surface area contributed by atoms with Gasteiger partial charge >= 0.3 is 6.18 Å². The van der Waals surface area contributed by atoms with E-state index >= 15 is 0 Å². The number of carbonyl (C=O) groups is 3. The molecule has 0 saturated heterocycles. The van der Waals surface area contributed by atoms with Crippen LogP contribution in [0.2, 0.25) is 0 Å². The fraction of sp³-hybridized carbons (Fsp3) is 0.0833. The van der Waals surface area contributed by atoms with Gasteiger partial charge in [0.15, 0.2) is 5.78 Å². The molecule has 242 valence electrons. The standard InChI is InChI=1S/C36H26F3N3O6/c37-36(38,39)26-11-6-23(7-12-26)8-20-34(44)41-31-18-13-27(22-30(31)35(45)25-4-2-1-3-5-25)40-33(43)21-17-29-16-19-32(48-29)24-9-14-28(15-10-24)42(46)47/h1-7,9-19,21-22H,8,20H2,(H,40,43)(H,41,44)/b21-17+. The number of nitro groups is 1. The second kappa shape index (κ2) is 14.4. The molecule has 0 aliphatic heterocycles. The van der Waals surface area contributed by atoms with Crippen LogP contribution in [-0.4, -0.2) is 22.5 Å². The number of aryl methyl sites for hydroxylation is 1. The highest BCUT2D eigenvalue weighted by Gasteiger charge is 2.30. The van der Waals surface area contributed by atoms with Gasteiger partial charge in [-0.2, -0.15) is 13.2 Å². The summed E-state index contributed by atoms with van der Waals surface area (Å²) in [5.74, 6) is -0.591. The first kappa shape index (κ1) is 33.1. The van der Waals surface area contributed by atoms with E-state index in [2.05, 4.69) is 10.6 Å². The lowest BCUT2D eigenvalue weighted by Crippen LogP contribution is -2.16. The van der Waals surface area contributed by atoms with Gasteiger partial charge < -0.3 is 15.1 Å². The number of nitrogens with one attached hydrogen (secondary N) is 2. The van der Waals surface area contributed by atoms with Gasteiger partial charge in [-0.3, -0.25) is 24.5 Å². The number of benzene rings is 4. The Labute approximate surface area is 271 Å². The molecular weight excluding hydrogens is 627 g/mol. The minimum atomic E-state index is -4.46. The first-order valence-electron chi connectivity index (χ1n) is 14.5. The van der Waals surface area contributed by atoms with Crippen LogP contribution in [0.15, 0.2) is 120 Å². The molecule has 9 nitrogen and oxygen atoms in total. The molecule has 2 N–H and O–H groups in total. The van der Waals surface area contributed by atoms with Crippen molar-refractivity contribution in [1.82, 2.24) is 0 Å². The van der Waals surface area contributed by atoms with Crippen molar-refractivity contribution in [3.8, 4) is 11.3 Å². The van der Waals surface area contributed by atoms with Crippen molar-refractivity contribution in [3.63, 3.8) is 0 Å². The number of hydrogen-bond donors (Lipinski definition) is 2. The molecule has 0 atom stereocenters. The number of halogens is 3. The van der Waals surface area contributed by atoms with Crippen molar-refractivity contribution in [2.45, 2.75) is 19.0 Å². The van der Waals surface area contributed by atoms with Crippen LogP contribution in [0, 0.1) is 10.1 Å². The van der Waals surface area contributed by atoms with Crippen molar-refractivity contribution in [3.05, 3.63) is 153 Å². The maximum absolute atomic E-state index is 13.4. The van der Waals surface area contributed by atoms with Gasteiger partial charge in [0.05, 0.1) is 16.2 Å². The number of carbonyl (C=O) groups excluding carboxylic acids is 3. The van der Waals surface area contributed by atoms with Gasteiger partial charge in [-0.15, -0.1) is 0 Å². The van der Waals surface area contributed by atoms with E-state index in [1.807, 2.05) is 0 Å². The number of anilines is 2. The predicted octanol–water partition coefficient (Wildman–Crippen LogP) is 8.33. The largest absolute Gasteiger partial charge is 0.457 e. The SMILES string of the molecule is O=C(/C=C/c1ccc(-c2ccc([N+](=O)[O-])cc2)o1)Nc1ccc(NC(=O)CCc2ccc(C(F)(F)F)cc2)c(C(=O)c2ccccc2)c1. The summed E-state index contributed by atoms with van der Waals surface area (Å²) >= 11 is 0. The molecule has 12 heteroatoms. The van der Waals surface area contributed by atoms with Crippen LogP contribution in [0.5, 0.6) is 0 Å². The number of alkyl halides is 3. The number of furan rings is 1. The number of rotatable bonds is 11. The Hall–Kier alpha value is -6.30. The van der Waals surface area contributed by atoms with Crippen LogP contribution < -0.4 is 10.6 Å². The summed E-state index contributed by atoms with van der Waals surface area (Å²) in [6.07, 6.45) is -1.66. The van der Waals surface area contributed by atoms with Crippen LogP contribution in [-0.2, 0) is 22.2 Å². The minimum Gasteiger partial charge on any atom is -0.457 e. The normalized spacial score (nSPS) is 11.3. The molecule has 0 radical (unpaired) electrons. The summed E-state index contributed by atoms with van der Waals surface area (Å²) in [6.45, 7) is 0. The Kier molecular flexibility index (Phi) is 9.94. The van der Waals surface area contributed by atoms with Crippen LogP contribution in [0.25, 0.3) is 17.4 Å². The van der Waals surface area contributed by atoms with Crippen LogP contribution in [0.1, 0.15) is 39.2 Å². The average molecular weight is 654 g/mol. The fourth-order valence-electron chi connectivity index (χ4n) is 4.68. The maximum atomic E-state index is 13.4. The third-order valence-corrected chi connectivity index (χ3v) is 7.15. The van der Waals surface area contributed by atoms with Gasteiger partial charge in [-0.05, 0) is 72.7 Å². The molecule has 48 heavy (non-hydrogen) atoms. The molecule has 0 aliphatic carbocycles. The number of non-ortho nitro benzene ring substituents is 1. The number of nitro benzene ring substituents is 1. The Bertz CT molecular complexity index is 1980. The highest BCUT2D eigenvalue weighted by Crippen LogP contribution is 2.30. The topological polar surface area (TPSA) is 132 Å². The average Bonchev–Trinajstić information content (AvgIpc) is 3.56. The molecule has 0 unspecified atom stereocenters. The van der Waals surface area contributed by atoms with E-state index in [4.69, 9.17) is 4.42 Å². The van der Waals surface area contributed by atoms with Gasteiger partial charge in [0, 0.05) is 47.0 Å². The number of nitrogens with zero attached hydrogens (tertiary/aromatic N) is 1. The van der Waals surface area contributed by atoms with Crippen molar-refractivity contribution in [2.24, 2.45) is 0 Å². The number of ketones is 1. The van der Waals surface area contributed by atoms with E-state index in [0.717, 1.165) is 12.1 Å². The molecule has 1 heterocycles. The van der Waals surface area contributed by atoms with Gasteiger partial charge in [0.1, 0.15) is 11.5 Å². The van der Waals surface area contributed by atoms with E-state index in [-0.39, 0.29) is 35.5 Å².